The highest BCUT2D eigenvalue weighted by Gasteiger charge is 2.27. The molecule has 0 unspecified atom stereocenters. The molecule has 1 aliphatic rings. The summed E-state index contributed by atoms with van der Waals surface area (Å²) in [5.74, 6) is 0.717. The van der Waals surface area contributed by atoms with Gasteiger partial charge in [-0.3, -0.25) is 9.59 Å². The maximum absolute atomic E-state index is 13.0. The number of nitrogens with zero attached hydrogens (tertiary/aromatic N) is 5. The van der Waals surface area contributed by atoms with E-state index in [0.717, 1.165) is 0 Å². The van der Waals surface area contributed by atoms with Gasteiger partial charge >= 0.3 is 0 Å². The van der Waals surface area contributed by atoms with Gasteiger partial charge in [-0.1, -0.05) is 12.1 Å². The van der Waals surface area contributed by atoms with Gasteiger partial charge in [-0.15, -0.1) is 10.2 Å². The van der Waals surface area contributed by atoms with Crippen LogP contribution in [0.4, 0.5) is 11.5 Å². The van der Waals surface area contributed by atoms with Crippen molar-refractivity contribution in [2.75, 3.05) is 18.4 Å². The van der Waals surface area contributed by atoms with Crippen molar-refractivity contribution in [2.24, 2.45) is 0 Å². The molecule has 1 atom stereocenters. The normalized spacial score (nSPS) is 15.9. The van der Waals surface area contributed by atoms with E-state index in [-0.39, 0.29) is 29.4 Å². The molecule has 1 aliphatic heterocycles. The Bertz CT molecular complexity index is 1430. The van der Waals surface area contributed by atoms with Gasteiger partial charge in [0.15, 0.2) is 17.0 Å². The molecule has 1 aromatic carbocycles. The molecular formula is C24H24N6O4. The van der Waals surface area contributed by atoms with Crippen molar-refractivity contribution in [3.05, 3.63) is 64.8 Å². The van der Waals surface area contributed by atoms with Crippen LogP contribution < -0.4 is 10.7 Å². The number of rotatable bonds is 5. The lowest BCUT2D eigenvalue weighted by molar-refractivity contribution is 0.0734. The molecule has 10 heteroatoms. The summed E-state index contributed by atoms with van der Waals surface area (Å²) in [6.07, 6.45) is 1.63. The fourth-order valence-corrected chi connectivity index (χ4v) is 4.07. The Balaban J connectivity index is 1.48. The van der Waals surface area contributed by atoms with Crippen molar-refractivity contribution >= 4 is 28.4 Å². The number of carbonyl (C=O) groups excluding carboxylic acids is 1. The largest absolute Gasteiger partial charge is 0.451 e. The van der Waals surface area contributed by atoms with Gasteiger partial charge in [0.05, 0.1) is 17.2 Å². The Labute approximate surface area is 194 Å². The smallest absolute Gasteiger partial charge is 0.289 e. The highest BCUT2D eigenvalue weighted by Crippen LogP contribution is 2.26. The number of aromatic nitrogens is 4. The summed E-state index contributed by atoms with van der Waals surface area (Å²) < 4.78 is 7.73. The molecule has 1 amide bonds. The van der Waals surface area contributed by atoms with Crippen LogP contribution in [0.15, 0.2) is 58.0 Å². The van der Waals surface area contributed by atoms with E-state index in [1.165, 1.54) is 11.0 Å². The van der Waals surface area contributed by atoms with E-state index in [1.54, 1.807) is 30.6 Å². The van der Waals surface area contributed by atoms with E-state index in [4.69, 9.17) is 4.42 Å². The molecule has 0 bridgehead atoms. The van der Waals surface area contributed by atoms with Gasteiger partial charge < -0.3 is 24.3 Å². The molecule has 2 N–H and O–H groups in total. The molecule has 0 saturated carbocycles. The zero-order valence-corrected chi connectivity index (χ0v) is 18.8. The van der Waals surface area contributed by atoms with Crippen LogP contribution in [0.5, 0.6) is 0 Å². The van der Waals surface area contributed by atoms with E-state index in [2.05, 4.69) is 20.5 Å². The number of likely N-dealkylation sites (tertiary alicyclic amines) is 1. The van der Waals surface area contributed by atoms with Gasteiger partial charge in [-0.2, -0.15) is 0 Å². The van der Waals surface area contributed by atoms with Crippen LogP contribution in [-0.2, 0) is 0 Å². The van der Waals surface area contributed by atoms with Crippen molar-refractivity contribution in [2.45, 2.75) is 32.4 Å². The van der Waals surface area contributed by atoms with E-state index >= 15 is 0 Å². The maximum Gasteiger partial charge on any atom is 0.289 e. The minimum atomic E-state index is -0.551. The summed E-state index contributed by atoms with van der Waals surface area (Å²) >= 11 is 0. The first kappa shape index (κ1) is 21.8. The molecule has 34 heavy (non-hydrogen) atoms. The molecule has 1 saturated heterocycles. The van der Waals surface area contributed by atoms with Crippen LogP contribution in [-0.4, -0.2) is 54.9 Å². The van der Waals surface area contributed by atoms with Crippen molar-refractivity contribution < 1.29 is 14.3 Å². The fourth-order valence-electron chi connectivity index (χ4n) is 4.07. The monoisotopic (exact) mass is 460 g/mol. The molecule has 0 aliphatic carbocycles. The van der Waals surface area contributed by atoms with Gasteiger partial charge in [0.25, 0.3) is 5.91 Å². The highest BCUT2D eigenvalue weighted by molar-refractivity contribution is 5.96. The zero-order chi connectivity index (χ0) is 23.8. The maximum atomic E-state index is 13.0. The van der Waals surface area contributed by atoms with Crippen molar-refractivity contribution in [3.8, 4) is 11.5 Å². The van der Waals surface area contributed by atoms with E-state index in [1.807, 2.05) is 30.5 Å². The third-order valence-electron chi connectivity index (χ3n) is 5.79. The summed E-state index contributed by atoms with van der Waals surface area (Å²) in [6, 6.07) is 12.0. The van der Waals surface area contributed by atoms with Crippen LogP contribution in [0.3, 0.4) is 0 Å². The van der Waals surface area contributed by atoms with E-state index < -0.39 is 12.0 Å². The summed E-state index contributed by atoms with van der Waals surface area (Å²) in [6.45, 7) is 4.73. The summed E-state index contributed by atoms with van der Waals surface area (Å²) in [7, 11) is 0. The predicted molar refractivity (Wildman–Crippen MR) is 126 cm³/mol. The lowest BCUT2D eigenvalue weighted by Crippen LogP contribution is -2.30. The van der Waals surface area contributed by atoms with Crippen LogP contribution >= 0.6 is 0 Å². The number of aliphatic hydroxyl groups is 1. The van der Waals surface area contributed by atoms with Gasteiger partial charge in [0, 0.05) is 25.2 Å². The first-order chi connectivity index (χ1) is 16.4. The number of hydrogen-bond donors (Lipinski definition) is 2. The Morgan fingerprint density at radius 2 is 2.06 bits per heavy atom. The van der Waals surface area contributed by atoms with E-state index in [9.17, 15) is 14.7 Å². The van der Waals surface area contributed by atoms with Crippen LogP contribution in [0, 0.1) is 0 Å². The number of benzene rings is 1. The van der Waals surface area contributed by atoms with Crippen molar-refractivity contribution in [1.82, 2.24) is 24.6 Å². The molecule has 4 heterocycles. The topological polar surface area (TPSA) is 126 Å². The molecule has 174 valence electrons. The van der Waals surface area contributed by atoms with Crippen molar-refractivity contribution in [1.29, 1.82) is 0 Å². The number of aliphatic hydroxyl groups excluding tert-OH is 1. The average molecular weight is 460 g/mol. The minimum absolute atomic E-state index is 0.0445. The quantitative estimate of drug-likeness (QED) is 0.465. The molecule has 10 nitrogen and oxygen atoms in total. The Morgan fingerprint density at radius 3 is 2.82 bits per heavy atom. The molecule has 5 rings (SSSR count). The number of fused-ring (bicyclic) bond motifs is 1. The average Bonchev–Trinajstić information content (AvgIpc) is 3.48. The summed E-state index contributed by atoms with van der Waals surface area (Å²) in [5, 5.41) is 21.4. The number of β-amino-alcohol motifs (C(OH)–C–C–N with tert-alkyl or cyclic N) is 1. The SMILES string of the molecule is CC(C)n1cnnc1-c1cccc(Nc2cccc3oc(C(=O)N4CC[C@@H](O)C4)cc(=O)c23)n1. The summed E-state index contributed by atoms with van der Waals surface area (Å²) in [4.78, 5) is 31.9. The number of carbonyl (C=O) groups is 1. The number of amides is 1. The first-order valence-electron chi connectivity index (χ1n) is 11.1. The lowest BCUT2D eigenvalue weighted by Gasteiger charge is -2.15. The molecule has 1 fully saturated rings. The van der Waals surface area contributed by atoms with Crippen LogP contribution in [0.25, 0.3) is 22.5 Å². The highest BCUT2D eigenvalue weighted by atomic mass is 16.3. The van der Waals surface area contributed by atoms with Gasteiger partial charge in [-0.05, 0) is 44.5 Å². The van der Waals surface area contributed by atoms with Gasteiger partial charge in [0.1, 0.15) is 23.4 Å². The number of hydrogen-bond acceptors (Lipinski definition) is 8. The van der Waals surface area contributed by atoms with Crippen LogP contribution in [0.1, 0.15) is 36.9 Å². The third-order valence-corrected chi connectivity index (χ3v) is 5.79. The Kier molecular flexibility index (Phi) is 5.58. The second-order valence-corrected chi connectivity index (χ2v) is 8.54. The summed E-state index contributed by atoms with van der Waals surface area (Å²) in [5.41, 5.74) is 1.10. The Morgan fingerprint density at radius 1 is 1.24 bits per heavy atom. The minimum Gasteiger partial charge on any atom is -0.451 e. The third kappa shape index (κ3) is 4.03. The van der Waals surface area contributed by atoms with E-state index in [0.29, 0.717) is 41.4 Å². The van der Waals surface area contributed by atoms with Gasteiger partial charge in [-0.25, -0.2) is 4.98 Å². The lowest BCUT2D eigenvalue weighted by atomic mass is 10.1. The Hall–Kier alpha value is -4.05. The number of pyridine rings is 1. The number of nitrogens with one attached hydrogen (secondary N) is 1. The van der Waals surface area contributed by atoms with Crippen molar-refractivity contribution in [3.63, 3.8) is 0 Å². The molecule has 0 radical (unpaired) electrons. The first-order valence-corrected chi connectivity index (χ1v) is 11.1. The molecule has 0 spiro atoms. The van der Waals surface area contributed by atoms with Crippen LogP contribution in [0.2, 0.25) is 0 Å². The fraction of sp³-hybridized carbons (Fsp3) is 0.292. The molecule has 4 aromatic rings. The second kappa shape index (κ2) is 8.71. The standard InChI is InChI=1S/C24H24N6O4/c1-14(2)30-13-25-28-23(30)17-6-4-8-21(27-17)26-16-5-3-7-19-22(16)18(32)11-20(34-19)24(33)29-10-9-15(31)12-29/h3-8,11,13-15,31H,9-10,12H2,1-2H3,(H,26,27)/t15-/m1/s1. The second-order valence-electron chi connectivity index (χ2n) is 8.54. The predicted octanol–water partition coefficient (Wildman–Crippen LogP) is 2.98. The zero-order valence-electron chi connectivity index (χ0n) is 18.8. The molecular weight excluding hydrogens is 436 g/mol. The van der Waals surface area contributed by atoms with Gasteiger partial charge in [0.2, 0.25) is 0 Å². The molecule has 3 aromatic heterocycles. The number of anilines is 2.